The molecule has 0 atom stereocenters. The highest BCUT2D eigenvalue weighted by Crippen LogP contribution is 2.36. The lowest BCUT2D eigenvalue weighted by Crippen LogP contribution is -1.83. The normalized spacial score (nSPS) is 11.7. The molecule has 2 N–H and O–H groups in total. The Morgan fingerprint density at radius 2 is 0.786 bits per heavy atom. The summed E-state index contributed by atoms with van der Waals surface area (Å²) in [6, 6.07) is 28.4. The molecule has 0 fully saturated rings. The van der Waals surface area contributed by atoms with E-state index in [0.29, 0.717) is 56.7 Å². The van der Waals surface area contributed by atoms with Gasteiger partial charge in [0.05, 0.1) is 5.39 Å². The summed E-state index contributed by atoms with van der Waals surface area (Å²) in [4.78, 5) is 36.0. The smallest absolute Gasteiger partial charge is 0.187 e. The highest BCUT2D eigenvalue weighted by molar-refractivity contribution is 6.06. The largest absolute Gasteiger partial charge is 0.324 e. The summed E-state index contributed by atoms with van der Waals surface area (Å²) in [7, 11) is 0. The first kappa shape index (κ1) is 24.5. The molecule has 0 unspecified atom stereocenters. The molecule has 10 heteroatoms. The lowest BCUT2D eigenvalue weighted by molar-refractivity contribution is 0.640. The molecule has 0 aliphatic carbocycles. The number of aromatic amines is 2. The van der Waals surface area contributed by atoms with Crippen molar-refractivity contribution in [3.63, 3.8) is 0 Å². The number of aromatic nitrogens is 8. The minimum Gasteiger partial charge on any atom is -0.324 e. The summed E-state index contributed by atoms with van der Waals surface area (Å²) in [6.45, 7) is 0. The quantitative estimate of drug-likeness (QED) is 0.225. The number of nitrogens with one attached hydrogen (secondary N) is 2. The SMILES string of the molecule is Fc1cccc2c3nc4nc(nc5[nH]c(nc6nc(nc([nH]3)c12)-c1ccccc1-6)c1ccccc51)-c1ccccc1-4.[AlH3]. The van der Waals surface area contributed by atoms with E-state index >= 15 is 4.39 Å². The van der Waals surface area contributed by atoms with Crippen LogP contribution in [0.4, 0.5) is 4.39 Å². The fraction of sp³-hybridized carbons (Fsp3) is 0. The van der Waals surface area contributed by atoms with Crippen LogP contribution in [-0.4, -0.2) is 57.2 Å². The molecule has 0 saturated heterocycles. The summed E-state index contributed by atoms with van der Waals surface area (Å²) in [5.74, 6) is 1.54. The van der Waals surface area contributed by atoms with Crippen molar-refractivity contribution in [2.75, 3.05) is 0 Å². The number of halogens is 1. The number of benzene rings is 4. The number of hydrogen-bond donors (Lipinski definition) is 2. The molecule has 0 amide bonds. The van der Waals surface area contributed by atoms with Gasteiger partial charge in [-0.1, -0.05) is 84.9 Å². The Labute approximate surface area is 247 Å². The van der Waals surface area contributed by atoms with Crippen LogP contribution >= 0.6 is 0 Å². The second kappa shape index (κ2) is 9.11. The van der Waals surface area contributed by atoms with Crippen molar-refractivity contribution in [1.29, 1.82) is 0 Å². The average molecular weight is 563 g/mol. The number of fused-ring (bicyclic) bond motifs is 20. The Morgan fingerprint density at radius 3 is 1.29 bits per heavy atom. The zero-order chi connectivity index (χ0) is 27.1. The fourth-order valence-electron chi connectivity index (χ4n) is 5.65. The van der Waals surface area contributed by atoms with E-state index in [0.717, 1.165) is 33.0 Å². The van der Waals surface area contributed by atoms with Gasteiger partial charge in [-0.15, -0.1) is 0 Å². The molecule has 198 valence electrons. The Kier molecular flexibility index (Phi) is 5.31. The van der Waals surface area contributed by atoms with E-state index in [-0.39, 0.29) is 17.4 Å². The van der Waals surface area contributed by atoms with Crippen molar-refractivity contribution < 1.29 is 4.39 Å². The minimum absolute atomic E-state index is 0. The van der Waals surface area contributed by atoms with Gasteiger partial charge >= 0.3 is 0 Å². The maximum Gasteiger partial charge on any atom is 0.187 e. The molecule has 2 aliphatic rings. The van der Waals surface area contributed by atoms with E-state index in [4.69, 9.17) is 29.9 Å². The van der Waals surface area contributed by atoms with E-state index in [2.05, 4.69) is 9.97 Å². The molecular formula is C32H20AlFN8. The van der Waals surface area contributed by atoms with Crippen LogP contribution in [-0.2, 0) is 0 Å². The van der Waals surface area contributed by atoms with Gasteiger partial charge in [0.1, 0.15) is 28.4 Å². The van der Waals surface area contributed by atoms with Crippen molar-refractivity contribution in [3.8, 4) is 45.6 Å². The second-order valence-electron chi connectivity index (χ2n) is 9.91. The molecule has 42 heavy (non-hydrogen) atoms. The van der Waals surface area contributed by atoms with Crippen LogP contribution < -0.4 is 0 Å². The molecule has 7 aromatic rings. The number of rotatable bonds is 0. The van der Waals surface area contributed by atoms with Crippen LogP contribution in [0.1, 0.15) is 0 Å². The van der Waals surface area contributed by atoms with Crippen molar-refractivity contribution in [2.45, 2.75) is 0 Å². The number of hydrogen-bond acceptors (Lipinski definition) is 6. The van der Waals surface area contributed by atoms with E-state index in [9.17, 15) is 0 Å². The van der Waals surface area contributed by atoms with E-state index in [1.165, 1.54) is 6.07 Å². The standard InChI is InChI=1S/C32H17FN8.Al.3H/c33-23-15-7-14-22-24(23)32-40-30-21-13-6-5-12-20(21)28(38-30)36-26-17-9-2-1-8-16(17)25(34-26)35-27-18-10-3-4-11-19(18)29(37-27)39-31(22)41-32;;;;/h1-15H,(H2,34,35,36,37,38,39,40,41);;;;. The molecule has 0 spiro atoms. The van der Waals surface area contributed by atoms with E-state index in [1.54, 1.807) is 6.07 Å². The first-order chi connectivity index (χ1) is 20.2. The third kappa shape index (κ3) is 3.53. The van der Waals surface area contributed by atoms with Gasteiger partial charge in [-0.2, -0.15) is 0 Å². The summed E-state index contributed by atoms with van der Waals surface area (Å²) >= 11 is 0. The van der Waals surface area contributed by atoms with Gasteiger partial charge in [-0.25, -0.2) is 34.3 Å². The van der Waals surface area contributed by atoms with Gasteiger partial charge < -0.3 is 9.97 Å². The monoisotopic (exact) mass is 562 g/mol. The molecule has 0 radical (unpaired) electrons. The summed E-state index contributed by atoms with van der Waals surface area (Å²) in [5, 5.41) is 2.75. The molecule has 0 saturated carbocycles. The van der Waals surface area contributed by atoms with Gasteiger partial charge in [0, 0.05) is 38.4 Å². The fourth-order valence-corrected chi connectivity index (χ4v) is 5.65. The van der Waals surface area contributed by atoms with Crippen molar-refractivity contribution in [2.24, 2.45) is 0 Å². The van der Waals surface area contributed by atoms with Crippen LogP contribution in [0.15, 0.2) is 91.0 Å². The summed E-state index contributed by atoms with van der Waals surface area (Å²) in [5.41, 5.74) is 5.37. The van der Waals surface area contributed by atoms with Gasteiger partial charge in [0.15, 0.2) is 40.7 Å². The lowest BCUT2D eigenvalue weighted by atomic mass is 10.1. The van der Waals surface area contributed by atoms with Crippen molar-refractivity contribution in [3.05, 3.63) is 96.8 Å². The van der Waals surface area contributed by atoms with Crippen LogP contribution in [0, 0.1) is 5.82 Å². The number of nitrogens with zero attached hydrogens (tertiary/aromatic N) is 6. The molecule has 2 aliphatic heterocycles. The highest BCUT2D eigenvalue weighted by Gasteiger charge is 2.22. The van der Waals surface area contributed by atoms with Gasteiger partial charge in [0.2, 0.25) is 0 Å². The predicted octanol–water partition coefficient (Wildman–Crippen LogP) is 5.82. The molecule has 8 nitrogen and oxygen atoms in total. The first-order valence-electron chi connectivity index (χ1n) is 13.1. The zero-order valence-electron chi connectivity index (χ0n) is 21.2. The van der Waals surface area contributed by atoms with Crippen LogP contribution in [0.3, 0.4) is 0 Å². The average Bonchev–Trinajstić information content (AvgIpc) is 3.73. The maximum atomic E-state index is 15.3. The predicted molar refractivity (Wildman–Crippen MR) is 166 cm³/mol. The Morgan fingerprint density at radius 1 is 0.405 bits per heavy atom. The van der Waals surface area contributed by atoms with Gasteiger partial charge in [-0.05, 0) is 6.07 Å². The van der Waals surface area contributed by atoms with E-state index < -0.39 is 5.82 Å². The lowest BCUT2D eigenvalue weighted by Gasteiger charge is -1.96. The molecule has 4 aromatic carbocycles. The summed E-state index contributed by atoms with van der Waals surface area (Å²) in [6.07, 6.45) is 0. The topological polar surface area (TPSA) is 109 Å². The van der Waals surface area contributed by atoms with E-state index in [1.807, 2.05) is 78.9 Å². The zero-order valence-corrected chi connectivity index (χ0v) is 21.2. The third-order valence-electron chi connectivity index (χ3n) is 7.53. The van der Waals surface area contributed by atoms with Crippen molar-refractivity contribution >= 4 is 61.5 Å². The van der Waals surface area contributed by atoms with Crippen molar-refractivity contribution in [1.82, 2.24) is 39.9 Å². The Bertz CT molecular complexity index is 2410. The minimum atomic E-state index is -0.404. The Balaban J connectivity index is 0.00000267. The second-order valence-corrected chi connectivity index (χ2v) is 9.91. The van der Waals surface area contributed by atoms with Crippen LogP contribution in [0.25, 0.3) is 89.7 Å². The summed E-state index contributed by atoms with van der Waals surface area (Å²) < 4.78 is 15.3. The van der Waals surface area contributed by atoms with Crippen LogP contribution in [0.5, 0.6) is 0 Å². The van der Waals surface area contributed by atoms with Gasteiger partial charge in [0.25, 0.3) is 0 Å². The molecule has 8 bridgehead atoms. The molecular weight excluding hydrogens is 542 g/mol. The third-order valence-corrected chi connectivity index (χ3v) is 7.53. The van der Waals surface area contributed by atoms with Crippen LogP contribution in [0.2, 0.25) is 0 Å². The highest BCUT2D eigenvalue weighted by atomic mass is 27.0. The molecule has 3 aromatic heterocycles. The molecule has 5 heterocycles. The van der Waals surface area contributed by atoms with Gasteiger partial charge in [-0.3, -0.25) is 0 Å². The number of H-pyrrole nitrogens is 2. The maximum absolute atomic E-state index is 15.3. The first-order valence-corrected chi connectivity index (χ1v) is 13.1. The Hall–Kier alpha value is -5.30. The molecule has 9 rings (SSSR count).